The Morgan fingerprint density at radius 3 is 2.25 bits per heavy atom. The van der Waals surface area contributed by atoms with E-state index < -0.39 is 0 Å². The molecule has 0 saturated carbocycles. The van der Waals surface area contributed by atoms with Gasteiger partial charge in [-0.05, 0) is 42.7 Å². The van der Waals surface area contributed by atoms with Gasteiger partial charge in [0.15, 0.2) is 0 Å². The summed E-state index contributed by atoms with van der Waals surface area (Å²) in [5.41, 5.74) is 3.45. The van der Waals surface area contributed by atoms with E-state index in [2.05, 4.69) is 31.3 Å². The zero-order chi connectivity index (χ0) is 14.4. The number of aryl methyl sites for hydroxylation is 2. The quantitative estimate of drug-likeness (QED) is 0.793. The number of aliphatic hydroxyl groups excluding tert-OH is 1. The summed E-state index contributed by atoms with van der Waals surface area (Å²) >= 11 is 0. The van der Waals surface area contributed by atoms with Crippen LogP contribution < -0.4 is 10.1 Å². The van der Waals surface area contributed by atoms with Gasteiger partial charge in [-0.25, -0.2) is 0 Å². The van der Waals surface area contributed by atoms with E-state index in [1.54, 1.807) is 0 Å². The van der Waals surface area contributed by atoms with Crippen LogP contribution in [-0.4, -0.2) is 18.3 Å². The molecule has 0 bridgehead atoms. The molecule has 0 aliphatic heterocycles. The van der Waals surface area contributed by atoms with E-state index in [0.29, 0.717) is 6.54 Å². The first-order chi connectivity index (χ1) is 9.70. The van der Waals surface area contributed by atoms with E-state index in [9.17, 15) is 0 Å². The molecule has 2 rings (SSSR count). The smallest absolute Gasteiger partial charge is 0.133 e. The molecule has 0 aliphatic rings. The summed E-state index contributed by atoms with van der Waals surface area (Å²) in [6.07, 6.45) is 0. The van der Waals surface area contributed by atoms with Crippen molar-refractivity contribution in [3.05, 3.63) is 59.2 Å². The van der Waals surface area contributed by atoms with Crippen molar-refractivity contribution < 1.29 is 9.84 Å². The fourth-order valence-corrected chi connectivity index (χ4v) is 2.07. The molecular weight excluding hydrogens is 250 g/mol. The van der Waals surface area contributed by atoms with Crippen LogP contribution in [0.3, 0.4) is 0 Å². The molecule has 3 heteroatoms. The number of nitrogens with one attached hydrogen (secondary N) is 1. The van der Waals surface area contributed by atoms with Crippen molar-refractivity contribution in [1.82, 2.24) is 5.32 Å². The molecule has 0 atom stereocenters. The maximum absolute atomic E-state index is 8.72. The molecule has 2 aromatic rings. The molecule has 0 heterocycles. The number of para-hydroxylation sites is 1. The maximum Gasteiger partial charge on any atom is 0.133 e. The SMILES string of the molecule is Cc1cccc(C)c1Oc1ccc(CNCCO)cc1. The summed E-state index contributed by atoms with van der Waals surface area (Å²) in [6.45, 7) is 5.63. The van der Waals surface area contributed by atoms with E-state index in [-0.39, 0.29) is 6.61 Å². The fourth-order valence-electron chi connectivity index (χ4n) is 2.07. The average molecular weight is 271 g/mol. The second-order valence-corrected chi connectivity index (χ2v) is 4.87. The van der Waals surface area contributed by atoms with Crippen LogP contribution in [0.2, 0.25) is 0 Å². The van der Waals surface area contributed by atoms with Gasteiger partial charge in [0, 0.05) is 13.1 Å². The van der Waals surface area contributed by atoms with Crippen molar-refractivity contribution in [1.29, 1.82) is 0 Å². The predicted octanol–water partition coefficient (Wildman–Crippen LogP) is 3.18. The Labute approximate surface area is 120 Å². The molecule has 20 heavy (non-hydrogen) atoms. The zero-order valence-corrected chi connectivity index (χ0v) is 12.0. The molecule has 0 aliphatic carbocycles. The molecule has 106 valence electrons. The van der Waals surface area contributed by atoms with Crippen LogP contribution in [0.15, 0.2) is 42.5 Å². The lowest BCUT2D eigenvalue weighted by Gasteiger charge is -2.12. The van der Waals surface area contributed by atoms with Gasteiger partial charge in [-0.15, -0.1) is 0 Å². The van der Waals surface area contributed by atoms with Crippen LogP contribution in [0, 0.1) is 13.8 Å². The Morgan fingerprint density at radius 1 is 1.00 bits per heavy atom. The van der Waals surface area contributed by atoms with Crippen LogP contribution in [0.5, 0.6) is 11.5 Å². The summed E-state index contributed by atoms with van der Waals surface area (Å²) < 4.78 is 5.96. The van der Waals surface area contributed by atoms with Crippen LogP contribution >= 0.6 is 0 Å². The predicted molar refractivity (Wildman–Crippen MR) is 81.2 cm³/mol. The van der Waals surface area contributed by atoms with Crippen molar-refractivity contribution in [2.75, 3.05) is 13.2 Å². The van der Waals surface area contributed by atoms with Gasteiger partial charge in [0.2, 0.25) is 0 Å². The van der Waals surface area contributed by atoms with Gasteiger partial charge in [0.05, 0.1) is 6.61 Å². The largest absolute Gasteiger partial charge is 0.457 e. The summed E-state index contributed by atoms with van der Waals surface area (Å²) in [5, 5.41) is 11.9. The molecule has 2 N–H and O–H groups in total. The van der Waals surface area contributed by atoms with E-state index in [4.69, 9.17) is 9.84 Å². The van der Waals surface area contributed by atoms with Gasteiger partial charge in [-0.2, -0.15) is 0 Å². The molecule has 2 aromatic carbocycles. The summed E-state index contributed by atoms with van der Waals surface area (Å²) in [6, 6.07) is 14.2. The number of hydrogen-bond donors (Lipinski definition) is 2. The first-order valence-electron chi connectivity index (χ1n) is 6.85. The molecule has 0 radical (unpaired) electrons. The second kappa shape index (κ2) is 7.08. The van der Waals surface area contributed by atoms with Crippen molar-refractivity contribution >= 4 is 0 Å². The average Bonchev–Trinajstić information content (AvgIpc) is 2.45. The maximum atomic E-state index is 8.72. The Kier molecular flexibility index (Phi) is 5.16. The lowest BCUT2D eigenvalue weighted by atomic mass is 10.1. The Bertz CT molecular complexity index is 529. The molecular formula is C17H21NO2. The molecule has 0 unspecified atom stereocenters. The number of aliphatic hydroxyl groups is 1. The molecule has 0 fully saturated rings. The van der Waals surface area contributed by atoms with E-state index in [1.165, 1.54) is 5.56 Å². The fraction of sp³-hybridized carbons (Fsp3) is 0.294. The van der Waals surface area contributed by atoms with Crippen LogP contribution in [-0.2, 0) is 6.54 Å². The minimum absolute atomic E-state index is 0.160. The van der Waals surface area contributed by atoms with Crippen LogP contribution in [0.1, 0.15) is 16.7 Å². The highest BCUT2D eigenvalue weighted by Crippen LogP contribution is 2.28. The molecule has 0 spiro atoms. The standard InChI is InChI=1S/C17H21NO2/c1-13-4-3-5-14(2)17(13)20-16-8-6-15(7-9-16)12-18-10-11-19/h3-9,18-19H,10-12H2,1-2H3. The highest BCUT2D eigenvalue weighted by Gasteiger charge is 2.04. The highest BCUT2D eigenvalue weighted by atomic mass is 16.5. The number of ether oxygens (including phenoxy) is 1. The Hall–Kier alpha value is -1.84. The topological polar surface area (TPSA) is 41.5 Å². The number of hydrogen-bond acceptors (Lipinski definition) is 3. The van der Waals surface area contributed by atoms with E-state index in [0.717, 1.165) is 29.2 Å². The van der Waals surface area contributed by atoms with E-state index in [1.807, 2.05) is 30.3 Å². The van der Waals surface area contributed by atoms with Gasteiger partial charge in [0.25, 0.3) is 0 Å². The zero-order valence-electron chi connectivity index (χ0n) is 12.0. The first kappa shape index (κ1) is 14.6. The molecule has 0 amide bonds. The summed E-state index contributed by atoms with van der Waals surface area (Å²) in [7, 11) is 0. The summed E-state index contributed by atoms with van der Waals surface area (Å²) in [4.78, 5) is 0. The molecule has 0 aromatic heterocycles. The third kappa shape index (κ3) is 3.83. The first-order valence-corrected chi connectivity index (χ1v) is 6.85. The van der Waals surface area contributed by atoms with Gasteiger partial charge >= 0.3 is 0 Å². The monoisotopic (exact) mass is 271 g/mol. The minimum atomic E-state index is 0.160. The number of rotatable bonds is 6. The van der Waals surface area contributed by atoms with Crippen molar-refractivity contribution in [2.45, 2.75) is 20.4 Å². The van der Waals surface area contributed by atoms with Gasteiger partial charge in [-0.1, -0.05) is 30.3 Å². The highest BCUT2D eigenvalue weighted by molar-refractivity contribution is 5.43. The Balaban J connectivity index is 2.03. The van der Waals surface area contributed by atoms with Crippen LogP contribution in [0.25, 0.3) is 0 Å². The third-order valence-electron chi connectivity index (χ3n) is 3.17. The van der Waals surface area contributed by atoms with Crippen molar-refractivity contribution in [3.8, 4) is 11.5 Å². The normalized spacial score (nSPS) is 10.6. The van der Waals surface area contributed by atoms with Crippen molar-refractivity contribution in [3.63, 3.8) is 0 Å². The van der Waals surface area contributed by atoms with Gasteiger partial charge in [-0.3, -0.25) is 0 Å². The Morgan fingerprint density at radius 2 is 1.65 bits per heavy atom. The van der Waals surface area contributed by atoms with Crippen molar-refractivity contribution in [2.24, 2.45) is 0 Å². The van der Waals surface area contributed by atoms with Gasteiger partial charge < -0.3 is 15.2 Å². The molecule has 0 saturated heterocycles. The second-order valence-electron chi connectivity index (χ2n) is 4.87. The van der Waals surface area contributed by atoms with Gasteiger partial charge in [0.1, 0.15) is 11.5 Å². The lowest BCUT2D eigenvalue weighted by molar-refractivity contribution is 0.292. The summed E-state index contributed by atoms with van der Waals surface area (Å²) in [5.74, 6) is 1.77. The minimum Gasteiger partial charge on any atom is -0.457 e. The third-order valence-corrected chi connectivity index (χ3v) is 3.17. The molecule has 3 nitrogen and oxygen atoms in total. The van der Waals surface area contributed by atoms with Crippen LogP contribution in [0.4, 0.5) is 0 Å². The lowest BCUT2D eigenvalue weighted by Crippen LogP contribution is -2.17. The number of benzene rings is 2. The van der Waals surface area contributed by atoms with E-state index >= 15 is 0 Å².